The summed E-state index contributed by atoms with van der Waals surface area (Å²) in [5.41, 5.74) is 1.13. The average Bonchev–Trinajstić information content (AvgIpc) is 3.23. The number of hydrogen-bond donors (Lipinski definition) is 0. The summed E-state index contributed by atoms with van der Waals surface area (Å²) in [7, 11) is 0. The minimum atomic E-state index is 0.147. The number of anilines is 2. The molecule has 136 valence electrons. The standard InChI is InChI=1S/C18H27N5O2/c24-18(23-9-11-25-12-10-23)15-3-7-21(8-4-15)16-13-19-14-20-17(16)22-5-1-2-6-22/h13-15H,1-12H2. The van der Waals surface area contributed by atoms with E-state index in [1.54, 1.807) is 6.33 Å². The Hall–Kier alpha value is -1.89. The fourth-order valence-electron chi connectivity index (χ4n) is 4.12. The summed E-state index contributed by atoms with van der Waals surface area (Å²) < 4.78 is 5.35. The number of carbonyl (C=O) groups excluding carboxylic acids is 1. The summed E-state index contributed by atoms with van der Waals surface area (Å²) in [5.74, 6) is 1.52. The molecule has 7 nitrogen and oxygen atoms in total. The Bertz CT molecular complexity index is 591. The zero-order chi connectivity index (χ0) is 17.1. The van der Waals surface area contributed by atoms with Crippen molar-refractivity contribution in [1.82, 2.24) is 14.9 Å². The maximum absolute atomic E-state index is 12.7. The Labute approximate surface area is 149 Å². The van der Waals surface area contributed by atoms with Crippen molar-refractivity contribution in [3.63, 3.8) is 0 Å². The lowest BCUT2D eigenvalue weighted by Gasteiger charge is -2.37. The van der Waals surface area contributed by atoms with E-state index in [9.17, 15) is 4.79 Å². The molecule has 3 fully saturated rings. The van der Waals surface area contributed by atoms with Gasteiger partial charge in [-0.05, 0) is 25.7 Å². The second-order valence-electron chi connectivity index (χ2n) is 7.12. The van der Waals surface area contributed by atoms with Crippen LogP contribution in [0.15, 0.2) is 12.5 Å². The lowest BCUT2D eigenvalue weighted by atomic mass is 9.95. The zero-order valence-corrected chi connectivity index (χ0v) is 14.8. The highest BCUT2D eigenvalue weighted by Crippen LogP contribution is 2.32. The summed E-state index contributed by atoms with van der Waals surface area (Å²) in [6, 6.07) is 0. The van der Waals surface area contributed by atoms with E-state index in [1.807, 2.05) is 11.1 Å². The van der Waals surface area contributed by atoms with Gasteiger partial charge in [0.05, 0.1) is 25.1 Å². The Morgan fingerprint density at radius 2 is 1.72 bits per heavy atom. The number of carbonyl (C=O) groups is 1. The fourth-order valence-corrected chi connectivity index (χ4v) is 4.12. The Kier molecular flexibility index (Phi) is 5.01. The van der Waals surface area contributed by atoms with E-state index in [2.05, 4.69) is 19.8 Å². The lowest BCUT2D eigenvalue weighted by Crippen LogP contribution is -2.47. The molecule has 0 spiro atoms. The molecule has 0 saturated carbocycles. The number of rotatable bonds is 3. The van der Waals surface area contributed by atoms with Gasteiger partial charge in [-0.3, -0.25) is 4.79 Å². The van der Waals surface area contributed by atoms with E-state index in [1.165, 1.54) is 12.8 Å². The first-order valence-corrected chi connectivity index (χ1v) is 9.49. The number of hydrogen-bond acceptors (Lipinski definition) is 6. The minimum absolute atomic E-state index is 0.147. The first kappa shape index (κ1) is 16.6. The molecule has 7 heteroatoms. The number of aromatic nitrogens is 2. The third kappa shape index (κ3) is 3.56. The van der Waals surface area contributed by atoms with Gasteiger partial charge >= 0.3 is 0 Å². The van der Waals surface area contributed by atoms with Crippen LogP contribution in [0.4, 0.5) is 11.5 Å². The molecule has 0 N–H and O–H groups in total. The van der Waals surface area contributed by atoms with Gasteiger partial charge in [0.1, 0.15) is 6.33 Å². The molecule has 1 aromatic rings. The third-order valence-electron chi connectivity index (χ3n) is 5.59. The van der Waals surface area contributed by atoms with Crippen LogP contribution in [0.2, 0.25) is 0 Å². The average molecular weight is 345 g/mol. The molecule has 0 unspecified atom stereocenters. The fraction of sp³-hybridized carbons (Fsp3) is 0.722. The third-order valence-corrected chi connectivity index (χ3v) is 5.59. The molecule has 0 bridgehead atoms. The van der Waals surface area contributed by atoms with Crippen LogP contribution < -0.4 is 9.80 Å². The molecule has 0 aromatic carbocycles. The predicted molar refractivity (Wildman–Crippen MR) is 95.8 cm³/mol. The van der Waals surface area contributed by atoms with Crippen LogP contribution in [0.1, 0.15) is 25.7 Å². The molecular formula is C18H27N5O2. The number of morpholine rings is 1. The van der Waals surface area contributed by atoms with Gasteiger partial charge in [0.25, 0.3) is 0 Å². The topological polar surface area (TPSA) is 61.8 Å². The zero-order valence-electron chi connectivity index (χ0n) is 14.8. The van der Waals surface area contributed by atoms with E-state index in [0.717, 1.165) is 63.6 Å². The van der Waals surface area contributed by atoms with Crippen LogP contribution >= 0.6 is 0 Å². The van der Waals surface area contributed by atoms with Crippen LogP contribution in [0, 0.1) is 5.92 Å². The highest BCUT2D eigenvalue weighted by Gasteiger charge is 2.31. The van der Waals surface area contributed by atoms with Gasteiger partial charge in [-0.15, -0.1) is 0 Å². The summed E-state index contributed by atoms with van der Waals surface area (Å²) >= 11 is 0. The number of piperidine rings is 1. The SMILES string of the molecule is O=C(C1CCN(c2cncnc2N2CCCC2)CC1)N1CCOCC1. The molecule has 4 rings (SSSR count). The number of nitrogens with zero attached hydrogens (tertiary/aromatic N) is 5. The van der Waals surface area contributed by atoms with E-state index >= 15 is 0 Å². The largest absolute Gasteiger partial charge is 0.378 e. The molecular weight excluding hydrogens is 318 g/mol. The highest BCUT2D eigenvalue weighted by atomic mass is 16.5. The summed E-state index contributed by atoms with van der Waals surface area (Å²) in [5, 5.41) is 0. The Balaban J connectivity index is 1.39. The van der Waals surface area contributed by atoms with Crippen LogP contribution in [-0.2, 0) is 9.53 Å². The smallest absolute Gasteiger partial charge is 0.225 e. The molecule has 1 aromatic heterocycles. The van der Waals surface area contributed by atoms with Crippen molar-refractivity contribution in [2.75, 3.05) is 62.3 Å². The molecule has 3 aliphatic rings. The van der Waals surface area contributed by atoms with Crippen molar-refractivity contribution < 1.29 is 9.53 Å². The maximum Gasteiger partial charge on any atom is 0.225 e. The number of amides is 1. The second-order valence-corrected chi connectivity index (χ2v) is 7.12. The maximum atomic E-state index is 12.7. The molecule has 3 aliphatic heterocycles. The van der Waals surface area contributed by atoms with Crippen molar-refractivity contribution in [2.45, 2.75) is 25.7 Å². The van der Waals surface area contributed by atoms with Gasteiger partial charge in [-0.2, -0.15) is 0 Å². The van der Waals surface area contributed by atoms with Gasteiger partial charge in [-0.1, -0.05) is 0 Å². The van der Waals surface area contributed by atoms with Gasteiger partial charge in [0, 0.05) is 45.2 Å². The molecule has 1 amide bonds. The first-order valence-electron chi connectivity index (χ1n) is 9.49. The summed E-state index contributed by atoms with van der Waals surface area (Å²) in [6.07, 6.45) is 7.87. The van der Waals surface area contributed by atoms with Crippen molar-refractivity contribution >= 4 is 17.4 Å². The van der Waals surface area contributed by atoms with E-state index in [-0.39, 0.29) is 5.92 Å². The summed E-state index contributed by atoms with van der Waals surface area (Å²) in [6.45, 7) is 6.78. The normalized spacial score (nSPS) is 22.5. The van der Waals surface area contributed by atoms with Crippen LogP contribution in [0.25, 0.3) is 0 Å². The molecule has 0 aliphatic carbocycles. The van der Waals surface area contributed by atoms with Crippen molar-refractivity contribution in [1.29, 1.82) is 0 Å². The first-order chi connectivity index (χ1) is 12.3. The molecule has 4 heterocycles. The minimum Gasteiger partial charge on any atom is -0.378 e. The Morgan fingerprint density at radius 1 is 1.00 bits per heavy atom. The lowest BCUT2D eigenvalue weighted by molar-refractivity contribution is -0.140. The molecule has 3 saturated heterocycles. The molecule has 0 radical (unpaired) electrons. The van der Waals surface area contributed by atoms with Gasteiger partial charge in [0.15, 0.2) is 5.82 Å². The van der Waals surface area contributed by atoms with Crippen LogP contribution in [-0.4, -0.2) is 73.3 Å². The predicted octanol–water partition coefficient (Wildman–Crippen LogP) is 1.15. The van der Waals surface area contributed by atoms with E-state index in [0.29, 0.717) is 19.1 Å². The Morgan fingerprint density at radius 3 is 2.44 bits per heavy atom. The quantitative estimate of drug-likeness (QED) is 0.819. The molecule has 0 atom stereocenters. The monoisotopic (exact) mass is 345 g/mol. The van der Waals surface area contributed by atoms with E-state index in [4.69, 9.17) is 4.74 Å². The van der Waals surface area contributed by atoms with Crippen molar-refractivity contribution in [3.8, 4) is 0 Å². The second kappa shape index (κ2) is 7.56. The number of ether oxygens (including phenoxy) is 1. The van der Waals surface area contributed by atoms with Crippen molar-refractivity contribution in [2.24, 2.45) is 5.92 Å². The molecule has 25 heavy (non-hydrogen) atoms. The van der Waals surface area contributed by atoms with Gasteiger partial charge < -0.3 is 19.4 Å². The summed E-state index contributed by atoms with van der Waals surface area (Å²) in [4.78, 5) is 28.2. The van der Waals surface area contributed by atoms with E-state index < -0.39 is 0 Å². The van der Waals surface area contributed by atoms with Gasteiger partial charge in [0.2, 0.25) is 5.91 Å². The highest BCUT2D eigenvalue weighted by molar-refractivity contribution is 5.79. The van der Waals surface area contributed by atoms with Crippen LogP contribution in [0.3, 0.4) is 0 Å². The van der Waals surface area contributed by atoms with Crippen LogP contribution in [0.5, 0.6) is 0 Å². The van der Waals surface area contributed by atoms with Gasteiger partial charge in [-0.25, -0.2) is 9.97 Å². The van der Waals surface area contributed by atoms with Crippen molar-refractivity contribution in [3.05, 3.63) is 12.5 Å².